The molecule has 4 nitrogen and oxygen atoms in total. The second-order valence-electron chi connectivity index (χ2n) is 5.83. The number of amides is 1. The summed E-state index contributed by atoms with van der Waals surface area (Å²) in [6.07, 6.45) is 0.644. The monoisotopic (exact) mass is 408 g/mol. The summed E-state index contributed by atoms with van der Waals surface area (Å²) in [5.74, 6) is 0.296. The summed E-state index contributed by atoms with van der Waals surface area (Å²) in [4.78, 5) is 14.9. The van der Waals surface area contributed by atoms with Crippen LogP contribution in [0.25, 0.3) is 0 Å². The number of carbonyl (C=O) groups is 1. The number of nitrogens with two attached hydrogens (primary N) is 1. The van der Waals surface area contributed by atoms with E-state index in [1.807, 2.05) is 18.2 Å². The Bertz CT molecular complexity index is 846. The molecular weight excluding hydrogens is 395 g/mol. The normalized spacial score (nSPS) is 18.3. The summed E-state index contributed by atoms with van der Waals surface area (Å²) < 4.78 is 20.6. The van der Waals surface area contributed by atoms with Gasteiger partial charge in [-0.3, -0.25) is 9.93 Å². The van der Waals surface area contributed by atoms with Crippen molar-refractivity contribution in [1.29, 1.82) is 0 Å². The summed E-state index contributed by atoms with van der Waals surface area (Å²) in [5, 5.41) is 5.50. The third-order valence-corrected chi connectivity index (χ3v) is 5.46. The molecule has 2 aliphatic rings. The summed E-state index contributed by atoms with van der Waals surface area (Å²) >= 11 is 4.26. The van der Waals surface area contributed by atoms with Gasteiger partial charge in [0.15, 0.2) is 6.10 Å². The Morgan fingerprint density at radius 1 is 1.33 bits per heavy atom. The van der Waals surface area contributed by atoms with Crippen LogP contribution in [0, 0.1) is 5.82 Å². The van der Waals surface area contributed by atoms with Crippen molar-refractivity contribution in [1.82, 2.24) is 0 Å². The molecule has 0 aliphatic carbocycles. The van der Waals surface area contributed by atoms with E-state index < -0.39 is 6.10 Å². The Labute approximate surface area is 151 Å². The van der Waals surface area contributed by atoms with Crippen LogP contribution in [0.1, 0.15) is 11.1 Å². The molecule has 0 radical (unpaired) electrons. The van der Waals surface area contributed by atoms with E-state index in [9.17, 15) is 9.18 Å². The van der Waals surface area contributed by atoms with Gasteiger partial charge in [-0.1, -0.05) is 22.0 Å². The van der Waals surface area contributed by atoms with Gasteiger partial charge in [-0.2, -0.15) is 0 Å². The van der Waals surface area contributed by atoms with Gasteiger partial charge >= 0.3 is 0 Å². The fraction of sp³-hybridized carbons (Fsp3) is 0.235. The van der Waals surface area contributed by atoms with E-state index in [1.165, 1.54) is 6.07 Å². The lowest BCUT2D eigenvalue weighted by Gasteiger charge is -2.21. The highest BCUT2D eigenvalue weighted by atomic mass is 79.9. The van der Waals surface area contributed by atoms with E-state index in [4.69, 9.17) is 9.88 Å². The molecule has 0 fully saturated rings. The lowest BCUT2D eigenvalue weighted by Crippen LogP contribution is -2.40. The predicted molar refractivity (Wildman–Crippen MR) is 94.8 cm³/mol. The first-order valence-electron chi connectivity index (χ1n) is 7.52. The minimum atomic E-state index is -0.542. The Balaban J connectivity index is 1.60. The van der Waals surface area contributed by atoms with Crippen molar-refractivity contribution in [2.24, 2.45) is 5.14 Å². The van der Waals surface area contributed by atoms with Crippen molar-refractivity contribution in [3.05, 3.63) is 51.7 Å². The molecule has 7 heteroatoms. The minimum absolute atomic E-state index is 0.0966. The molecule has 0 saturated carbocycles. The van der Waals surface area contributed by atoms with Gasteiger partial charge in [0.2, 0.25) is 0 Å². The van der Waals surface area contributed by atoms with Gasteiger partial charge in [-0.15, -0.1) is 0 Å². The van der Waals surface area contributed by atoms with Crippen LogP contribution < -0.4 is 14.8 Å². The number of fused-ring (bicyclic) bond motifs is 2. The molecule has 2 aromatic carbocycles. The molecule has 0 aromatic heterocycles. The Hall–Kier alpha value is -1.57. The smallest absolute Gasteiger partial charge is 0.268 e. The van der Waals surface area contributed by atoms with Gasteiger partial charge in [-0.25, -0.2) is 4.39 Å². The molecule has 1 amide bonds. The van der Waals surface area contributed by atoms with E-state index in [1.54, 1.807) is 11.0 Å². The lowest BCUT2D eigenvalue weighted by atomic mass is 10.1. The average Bonchev–Trinajstić information content (AvgIpc) is 3.16. The van der Waals surface area contributed by atoms with Gasteiger partial charge < -0.3 is 9.64 Å². The van der Waals surface area contributed by atoms with Crippen LogP contribution in [0.4, 0.5) is 10.1 Å². The van der Waals surface area contributed by atoms with Crippen LogP contribution in [0.15, 0.2) is 39.7 Å². The zero-order chi connectivity index (χ0) is 16.8. The van der Waals surface area contributed by atoms with Gasteiger partial charge in [0.05, 0.1) is 4.90 Å². The second-order valence-corrected chi connectivity index (χ2v) is 7.42. The Morgan fingerprint density at radius 2 is 2.17 bits per heavy atom. The standard InChI is InChI=1S/C17H14BrFN2O2S/c18-11-2-1-10-6-15(23-14(10)7-11)17(22)21-4-3-9-5-12(19)16(24-20)8-13(9)21/h1-2,5,7-8,15H,3-4,6,20H2. The van der Waals surface area contributed by atoms with E-state index in [2.05, 4.69) is 15.9 Å². The second kappa shape index (κ2) is 6.06. The summed E-state index contributed by atoms with van der Waals surface area (Å²) in [6.45, 7) is 0.534. The molecule has 2 aliphatic heterocycles. The number of ether oxygens (including phenoxy) is 1. The highest BCUT2D eigenvalue weighted by Crippen LogP contribution is 2.36. The number of hydrogen-bond acceptors (Lipinski definition) is 4. The summed E-state index contributed by atoms with van der Waals surface area (Å²) in [5.41, 5.74) is 2.58. The summed E-state index contributed by atoms with van der Waals surface area (Å²) in [7, 11) is 0. The number of rotatable bonds is 2. The maximum Gasteiger partial charge on any atom is 0.268 e. The number of anilines is 1. The first kappa shape index (κ1) is 15.9. The number of carbonyl (C=O) groups excluding carboxylic acids is 1. The van der Waals surface area contributed by atoms with Crippen LogP contribution in [0.2, 0.25) is 0 Å². The molecule has 2 N–H and O–H groups in total. The van der Waals surface area contributed by atoms with E-state index >= 15 is 0 Å². The number of halogens is 2. The molecule has 0 saturated heterocycles. The van der Waals surface area contributed by atoms with Gasteiger partial charge in [0.1, 0.15) is 11.6 Å². The zero-order valence-corrected chi connectivity index (χ0v) is 15.0. The molecule has 2 heterocycles. The Kier molecular flexibility index (Phi) is 4.02. The number of hydrogen-bond donors (Lipinski definition) is 1. The lowest BCUT2D eigenvalue weighted by molar-refractivity contribution is -0.124. The maximum absolute atomic E-state index is 13.9. The average molecular weight is 409 g/mol. The third-order valence-electron chi connectivity index (χ3n) is 4.40. The van der Waals surface area contributed by atoms with Gasteiger partial charge in [0.25, 0.3) is 5.91 Å². The largest absolute Gasteiger partial charge is 0.480 e. The van der Waals surface area contributed by atoms with Crippen molar-refractivity contribution < 1.29 is 13.9 Å². The SMILES string of the molecule is NSc1cc2c(cc1F)CCN2C(=O)C1Cc2ccc(Br)cc2O1. The summed E-state index contributed by atoms with van der Waals surface area (Å²) in [6, 6.07) is 8.90. The first-order valence-corrected chi connectivity index (χ1v) is 9.19. The molecule has 4 rings (SSSR count). The molecular formula is C17H14BrFN2O2S. The van der Waals surface area contributed by atoms with Crippen molar-refractivity contribution in [3.63, 3.8) is 0 Å². The van der Waals surface area contributed by atoms with Crippen LogP contribution in [0.3, 0.4) is 0 Å². The third kappa shape index (κ3) is 2.60. The van der Waals surface area contributed by atoms with Crippen LogP contribution in [-0.2, 0) is 17.6 Å². The highest BCUT2D eigenvalue weighted by Gasteiger charge is 2.36. The van der Waals surface area contributed by atoms with E-state index in [-0.39, 0.29) is 11.7 Å². The molecule has 2 aromatic rings. The topological polar surface area (TPSA) is 55.6 Å². The first-order chi connectivity index (χ1) is 11.6. The molecule has 1 unspecified atom stereocenters. The van der Waals surface area contributed by atoms with Crippen molar-refractivity contribution in [3.8, 4) is 5.75 Å². The number of nitrogens with zero attached hydrogens (tertiary/aromatic N) is 1. The molecule has 0 bridgehead atoms. The fourth-order valence-electron chi connectivity index (χ4n) is 3.22. The minimum Gasteiger partial charge on any atom is -0.480 e. The fourth-order valence-corrected chi connectivity index (χ4v) is 3.91. The molecule has 1 atom stereocenters. The van der Waals surface area contributed by atoms with Crippen LogP contribution in [-0.4, -0.2) is 18.6 Å². The van der Waals surface area contributed by atoms with Crippen LogP contribution >= 0.6 is 27.9 Å². The quantitative estimate of drug-likeness (QED) is 0.773. The van der Waals surface area contributed by atoms with E-state index in [0.29, 0.717) is 24.3 Å². The van der Waals surface area contributed by atoms with Crippen molar-refractivity contribution >= 4 is 39.5 Å². The molecule has 124 valence electrons. The van der Waals surface area contributed by atoms with Gasteiger partial charge in [-0.05, 0) is 53.8 Å². The molecule has 0 spiro atoms. The zero-order valence-electron chi connectivity index (χ0n) is 12.6. The molecule has 24 heavy (non-hydrogen) atoms. The highest BCUT2D eigenvalue weighted by molar-refractivity contribution is 9.10. The van der Waals surface area contributed by atoms with Crippen molar-refractivity contribution in [2.45, 2.75) is 23.8 Å². The van der Waals surface area contributed by atoms with Gasteiger partial charge in [0, 0.05) is 23.1 Å². The Morgan fingerprint density at radius 3 is 2.96 bits per heavy atom. The predicted octanol–water partition coefficient (Wildman–Crippen LogP) is 3.45. The number of benzene rings is 2. The maximum atomic E-state index is 13.9. The van der Waals surface area contributed by atoms with Crippen molar-refractivity contribution in [2.75, 3.05) is 11.4 Å². The van der Waals surface area contributed by atoms with E-state index in [0.717, 1.165) is 39.0 Å². The van der Waals surface area contributed by atoms with Crippen LogP contribution in [0.5, 0.6) is 5.75 Å².